The van der Waals surface area contributed by atoms with Crippen LogP contribution in [0, 0.1) is 33.5 Å². The van der Waals surface area contributed by atoms with Crippen molar-refractivity contribution in [3.63, 3.8) is 0 Å². The van der Waals surface area contributed by atoms with Gasteiger partial charge in [0.1, 0.15) is 12.4 Å². The normalized spacial score (nSPS) is 10.7. The van der Waals surface area contributed by atoms with E-state index in [2.05, 4.69) is 20.9 Å². The van der Waals surface area contributed by atoms with Crippen molar-refractivity contribution < 1.29 is 14.0 Å². The molecule has 1 aromatic heterocycles. The number of para-hydroxylation sites is 1. The molecule has 0 unspecified atom stereocenters. The Kier molecular flexibility index (Phi) is 5.72. The Balaban J connectivity index is 1.70. The van der Waals surface area contributed by atoms with Crippen molar-refractivity contribution >= 4 is 23.2 Å². The molecule has 1 heterocycles. The number of halogens is 1. The van der Waals surface area contributed by atoms with Gasteiger partial charge in [0.2, 0.25) is 5.91 Å². The van der Waals surface area contributed by atoms with E-state index >= 15 is 0 Å². The molecule has 150 valence electrons. The number of carbonyl (C=O) groups excluding carboxylic acids is 2. The molecule has 0 atom stereocenters. The quantitative estimate of drug-likeness (QED) is 0.692. The lowest BCUT2D eigenvalue weighted by Gasteiger charge is -2.11. The number of nitrogens with one attached hydrogen (secondary N) is 2. The zero-order valence-corrected chi connectivity index (χ0v) is 16.7. The standard InChI is InChI=1S/C21H22FN5O2/c1-12-8-9-16(10-17(12)22)23-21(29)20-15(4)27(26-25-20)11-18(28)24-19-13(2)6-5-7-14(19)3/h5-10H,11H2,1-4H3,(H,23,29)(H,24,28). The number of aryl methyl sites for hydroxylation is 3. The number of hydrogen-bond donors (Lipinski definition) is 2. The summed E-state index contributed by atoms with van der Waals surface area (Å²) in [7, 11) is 0. The SMILES string of the molecule is Cc1ccc(NC(=O)c2nnn(CC(=O)Nc3c(C)cccc3C)c2C)cc1F. The van der Waals surface area contributed by atoms with Crippen LogP contribution in [0.3, 0.4) is 0 Å². The third kappa shape index (κ3) is 4.48. The van der Waals surface area contributed by atoms with E-state index in [1.54, 1.807) is 26.0 Å². The van der Waals surface area contributed by atoms with E-state index in [0.717, 1.165) is 16.8 Å². The van der Waals surface area contributed by atoms with Crippen molar-refractivity contribution in [3.05, 3.63) is 70.3 Å². The van der Waals surface area contributed by atoms with Gasteiger partial charge in [-0.2, -0.15) is 0 Å². The lowest BCUT2D eigenvalue weighted by molar-refractivity contribution is -0.117. The minimum Gasteiger partial charge on any atom is -0.324 e. The number of benzene rings is 2. The van der Waals surface area contributed by atoms with Gasteiger partial charge in [-0.15, -0.1) is 5.10 Å². The summed E-state index contributed by atoms with van der Waals surface area (Å²) in [6.45, 7) is 7.04. The summed E-state index contributed by atoms with van der Waals surface area (Å²) in [5.74, 6) is -1.21. The van der Waals surface area contributed by atoms with Crippen LogP contribution in [0.5, 0.6) is 0 Å². The molecule has 0 aliphatic carbocycles. The second kappa shape index (κ2) is 8.22. The molecule has 8 heteroatoms. The molecule has 3 rings (SSSR count). The van der Waals surface area contributed by atoms with E-state index < -0.39 is 11.7 Å². The maximum Gasteiger partial charge on any atom is 0.278 e. The summed E-state index contributed by atoms with van der Waals surface area (Å²) >= 11 is 0. The fourth-order valence-electron chi connectivity index (χ4n) is 2.91. The van der Waals surface area contributed by atoms with Crippen molar-refractivity contribution in [1.29, 1.82) is 0 Å². The Morgan fingerprint density at radius 3 is 2.34 bits per heavy atom. The molecule has 0 aliphatic heterocycles. The molecule has 0 bridgehead atoms. The average Bonchev–Trinajstić information content (AvgIpc) is 3.02. The predicted octanol–water partition coefficient (Wildman–Crippen LogP) is 3.54. The monoisotopic (exact) mass is 395 g/mol. The number of anilines is 2. The first-order valence-electron chi connectivity index (χ1n) is 9.10. The van der Waals surface area contributed by atoms with Crippen LogP contribution in [0.2, 0.25) is 0 Å². The van der Waals surface area contributed by atoms with E-state index in [4.69, 9.17) is 0 Å². The Bertz CT molecular complexity index is 1070. The highest BCUT2D eigenvalue weighted by Gasteiger charge is 2.19. The summed E-state index contributed by atoms with van der Waals surface area (Å²) in [5.41, 5.74) is 3.99. The zero-order valence-electron chi connectivity index (χ0n) is 16.7. The second-order valence-corrected chi connectivity index (χ2v) is 6.91. The van der Waals surface area contributed by atoms with Crippen LogP contribution in [-0.2, 0) is 11.3 Å². The van der Waals surface area contributed by atoms with Crippen LogP contribution in [0.4, 0.5) is 15.8 Å². The number of carbonyl (C=O) groups is 2. The van der Waals surface area contributed by atoms with Crippen LogP contribution >= 0.6 is 0 Å². The minimum absolute atomic E-state index is 0.0749. The zero-order chi connectivity index (χ0) is 21.1. The van der Waals surface area contributed by atoms with Gasteiger partial charge in [0, 0.05) is 11.4 Å². The summed E-state index contributed by atoms with van der Waals surface area (Å²) in [6.07, 6.45) is 0. The number of rotatable bonds is 5. The van der Waals surface area contributed by atoms with E-state index in [0.29, 0.717) is 16.9 Å². The smallest absolute Gasteiger partial charge is 0.278 e. The van der Waals surface area contributed by atoms with Crippen molar-refractivity contribution in [2.24, 2.45) is 0 Å². The molecule has 2 N–H and O–H groups in total. The van der Waals surface area contributed by atoms with Crippen LogP contribution < -0.4 is 10.6 Å². The number of nitrogens with zero attached hydrogens (tertiary/aromatic N) is 3. The van der Waals surface area contributed by atoms with Crippen LogP contribution in [0.25, 0.3) is 0 Å². The Labute approximate surface area is 167 Å². The van der Waals surface area contributed by atoms with Crippen LogP contribution in [0.15, 0.2) is 36.4 Å². The largest absolute Gasteiger partial charge is 0.324 e. The van der Waals surface area contributed by atoms with Gasteiger partial charge in [0.15, 0.2) is 5.69 Å². The van der Waals surface area contributed by atoms with Crippen molar-refractivity contribution in [2.75, 3.05) is 10.6 Å². The highest BCUT2D eigenvalue weighted by molar-refractivity contribution is 6.03. The van der Waals surface area contributed by atoms with Gasteiger partial charge in [-0.05, 0) is 56.5 Å². The summed E-state index contributed by atoms with van der Waals surface area (Å²) in [4.78, 5) is 24.9. The van der Waals surface area contributed by atoms with E-state index in [1.807, 2.05) is 32.0 Å². The van der Waals surface area contributed by atoms with Gasteiger partial charge in [0.25, 0.3) is 5.91 Å². The van der Waals surface area contributed by atoms with E-state index in [1.165, 1.54) is 10.7 Å². The van der Waals surface area contributed by atoms with E-state index in [9.17, 15) is 14.0 Å². The Morgan fingerprint density at radius 1 is 1.00 bits per heavy atom. The van der Waals surface area contributed by atoms with Crippen molar-refractivity contribution in [1.82, 2.24) is 15.0 Å². The van der Waals surface area contributed by atoms with Crippen LogP contribution in [0.1, 0.15) is 32.9 Å². The molecule has 0 saturated carbocycles. The summed E-state index contributed by atoms with van der Waals surface area (Å²) in [5, 5.41) is 13.2. The molecule has 0 spiro atoms. The first kappa shape index (κ1) is 20.2. The Morgan fingerprint density at radius 2 is 1.69 bits per heavy atom. The molecule has 0 radical (unpaired) electrons. The fourth-order valence-corrected chi connectivity index (χ4v) is 2.91. The third-order valence-corrected chi connectivity index (χ3v) is 4.67. The lowest BCUT2D eigenvalue weighted by Crippen LogP contribution is -2.21. The highest BCUT2D eigenvalue weighted by Crippen LogP contribution is 2.19. The van der Waals surface area contributed by atoms with E-state index in [-0.39, 0.29) is 18.1 Å². The van der Waals surface area contributed by atoms with Gasteiger partial charge in [-0.25, -0.2) is 9.07 Å². The predicted molar refractivity (Wildman–Crippen MR) is 108 cm³/mol. The van der Waals surface area contributed by atoms with Gasteiger partial charge in [0.05, 0.1) is 5.69 Å². The molecule has 29 heavy (non-hydrogen) atoms. The van der Waals surface area contributed by atoms with Gasteiger partial charge in [-0.3, -0.25) is 9.59 Å². The Hall–Kier alpha value is -3.55. The minimum atomic E-state index is -0.521. The average molecular weight is 395 g/mol. The first-order chi connectivity index (χ1) is 13.8. The van der Waals surface area contributed by atoms with Crippen LogP contribution in [-0.4, -0.2) is 26.8 Å². The highest BCUT2D eigenvalue weighted by atomic mass is 19.1. The first-order valence-corrected chi connectivity index (χ1v) is 9.10. The van der Waals surface area contributed by atoms with Crippen molar-refractivity contribution in [2.45, 2.75) is 34.2 Å². The number of amides is 2. The summed E-state index contributed by atoms with van der Waals surface area (Å²) < 4.78 is 15.0. The molecular weight excluding hydrogens is 373 g/mol. The number of aromatic nitrogens is 3. The molecule has 0 saturated heterocycles. The molecule has 0 aliphatic rings. The fraction of sp³-hybridized carbons (Fsp3) is 0.238. The maximum absolute atomic E-state index is 13.7. The molecular formula is C21H22FN5O2. The molecule has 7 nitrogen and oxygen atoms in total. The molecule has 0 fully saturated rings. The number of hydrogen-bond acceptors (Lipinski definition) is 4. The van der Waals surface area contributed by atoms with Gasteiger partial charge >= 0.3 is 0 Å². The lowest BCUT2D eigenvalue weighted by atomic mass is 10.1. The maximum atomic E-state index is 13.7. The van der Waals surface area contributed by atoms with Gasteiger partial charge < -0.3 is 10.6 Å². The van der Waals surface area contributed by atoms with Gasteiger partial charge in [-0.1, -0.05) is 29.5 Å². The molecule has 3 aromatic rings. The third-order valence-electron chi connectivity index (χ3n) is 4.67. The molecule has 2 aromatic carbocycles. The summed E-state index contributed by atoms with van der Waals surface area (Å²) in [6, 6.07) is 10.2. The second-order valence-electron chi connectivity index (χ2n) is 6.91. The van der Waals surface area contributed by atoms with Crippen molar-refractivity contribution in [3.8, 4) is 0 Å². The molecule has 2 amide bonds. The topological polar surface area (TPSA) is 88.9 Å².